The van der Waals surface area contributed by atoms with Gasteiger partial charge in [0.2, 0.25) is 0 Å². The van der Waals surface area contributed by atoms with E-state index in [0.29, 0.717) is 4.83 Å². The van der Waals surface area contributed by atoms with E-state index < -0.39 is 0 Å². The summed E-state index contributed by atoms with van der Waals surface area (Å²) in [6.07, 6.45) is 0. The van der Waals surface area contributed by atoms with E-state index in [0.717, 1.165) is 4.48 Å². The second-order valence-electron chi connectivity index (χ2n) is 3.25. The fourth-order valence-electron chi connectivity index (χ4n) is 0.755. The summed E-state index contributed by atoms with van der Waals surface area (Å²) in [5.74, 6) is 0. The van der Waals surface area contributed by atoms with Crippen molar-refractivity contribution < 1.29 is 21.5 Å². The molecule has 0 saturated heterocycles. The second kappa shape index (κ2) is 4.69. The first kappa shape index (κ1) is 12.6. The zero-order valence-corrected chi connectivity index (χ0v) is 9.66. The lowest BCUT2D eigenvalue weighted by Gasteiger charge is -2.24. The predicted octanol–water partition coefficient (Wildman–Crippen LogP) is -1.52. The van der Waals surface area contributed by atoms with Crippen molar-refractivity contribution in [3.63, 3.8) is 0 Å². The van der Waals surface area contributed by atoms with Crippen molar-refractivity contribution in [2.75, 3.05) is 27.7 Å². The van der Waals surface area contributed by atoms with E-state index in [4.69, 9.17) is 0 Å². The summed E-state index contributed by atoms with van der Waals surface area (Å²) in [6, 6.07) is 0. The van der Waals surface area contributed by atoms with E-state index >= 15 is 0 Å². The van der Waals surface area contributed by atoms with Gasteiger partial charge in [0.1, 0.15) is 0 Å². The van der Waals surface area contributed by atoms with E-state index in [1.165, 1.54) is 6.54 Å². The van der Waals surface area contributed by atoms with Crippen molar-refractivity contribution in [2.24, 2.45) is 0 Å². The summed E-state index contributed by atoms with van der Waals surface area (Å²) >= 11 is 3.49. The summed E-state index contributed by atoms with van der Waals surface area (Å²) in [5.41, 5.74) is 0. The van der Waals surface area contributed by atoms with Gasteiger partial charge >= 0.3 is 0 Å². The summed E-state index contributed by atoms with van der Waals surface area (Å²) in [7, 11) is 6.58. The van der Waals surface area contributed by atoms with Crippen molar-refractivity contribution in [2.45, 2.75) is 11.8 Å². The molecule has 0 aliphatic heterocycles. The minimum absolute atomic E-state index is 0. The van der Waals surface area contributed by atoms with Gasteiger partial charge in [0.25, 0.3) is 0 Å². The molecule has 0 heterocycles. The minimum atomic E-state index is 0. The van der Waals surface area contributed by atoms with E-state index in [-0.39, 0.29) is 17.0 Å². The van der Waals surface area contributed by atoms with Crippen LogP contribution in [-0.2, 0) is 0 Å². The third-order valence-electron chi connectivity index (χ3n) is 0.799. The normalized spacial score (nSPS) is 14.3. The summed E-state index contributed by atoms with van der Waals surface area (Å²) < 4.78 is 1.03. The van der Waals surface area contributed by atoms with Crippen molar-refractivity contribution in [1.29, 1.82) is 0 Å². The Morgan fingerprint density at radius 2 is 1.67 bits per heavy atom. The molecule has 0 spiro atoms. The molecule has 0 fully saturated rings. The first-order valence-corrected chi connectivity index (χ1v) is 3.78. The third kappa shape index (κ3) is 12.2. The molecular weight excluding hydrogens is 246 g/mol. The van der Waals surface area contributed by atoms with Gasteiger partial charge in [-0.05, 0) is 6.92 Å². The lowest BCUT2D eigenvalue weighted by molar-refractivity contribution is -0.869. The van der Waals surface area contributed by atoms with Gasteiger partial charge in [0, 0.05) is 0 Å². The average molecular weight is 261 g/mol. The lowest BCUT2D eigenvalue weighted by atomic mass is 10.4. The molecule has 1 atom stereocenters. The molecule has 0 rings (SSSR count). The number of rotatable bonds is 2. The summed E-state index contributed by atoms with van der Waals surface area (Å²) in [6.45, 7) is 3.35. The largest absolute Gasteiger partial charge is 1.00 e. The van der Waals surface area contributed by atoms with Crippen LogP contribution >= 0.6 is 15.9 Å². The van der Waals surface area contributed by atoms with Crippen LogP contribution in [0, 0.1) is 0 Å². The highest BCUT2D eigenvalue weighted by molar-refractivity contribution is 9.09. The monoisotopic (exact) mass is 259 g/mol. The topological polar surface area (TPSA) is 0 Å². The van der Waals surface area contributed by atoms with Gasteiger partial charge in [0.15, 0.2) is 0 Å². The maximum Gasteiger partial charge on any atom is 0.0904 e. The molecule has 1 nitrogen and oxygen atoms in total. The first-order chi connectivity index (χ1) is 3.42. The molecule has 0 bridgehead atoms. The lowest BCUT2D eigenvalue weighted by Crippen LogP contribution is -3.00. The highest BCUT2D eigenvalue weighted by Crippen LogP contribution is 2.02. The van der Waals surface area contributed by atoms with Crippen LogP contribution in [0.2, 0.25) is 0 Å². The molecule has 58 valence electrons. The van der Waals surface area contributed by atoms with Crippen LogP contribution in [0.25, 0.3) is 0 Å². The van der Waals surface area contributed by atoms with E-state index in [1.807, 2.05) is 0 Å². The Labute approximate surface area is 76.9 Å². The Balaban J connectivity index is 0. The van der Waals surface area contributed by atoms with Crippen LogP contribution in [0.15, 0.2) is 0 Å². The van der Waals surface area contributed by atoms with Crippen LogP contribution in [-0.4, -0.2) is 37.0 Å². The maximum absolute atomic E-state index is 3.49. The molecule has 0 saturated carbocycles. The molecule has 0 radical (unpaired) electrons. The Hall–Kier alpha value is 0.920. The number of quaternary nitrogens is 1. The van der Waals surface area contributed by atoms with Crippen molar-refractivity contribution in [3.05, 3.63) is 0 Å². The van der Waals surface area contributed by atoms with Crippen LogP contribution < -0.4 is 17.0 Å². The Bertz CT molecular complexity index is 65.9. The predicted molar refractivity (Wildman–Crippen MR) is 41.3 cm³/mol. The van der Waals surface area contributed by atoms with Gasteiger partial charge in [-0.25, -0.2) is 0 Å². The SMILES string of the molecule is CC(Br)C[N+](C)(C)C.[Br-]. The van der Waals surface area contributed by atoms with Gasteiger partial charge in [-0.2, -0.15) is 0 Å². The van der Waals surface area contributed by atoms with Crippen LogP contribution in [0.1, 0.15) is 6.92 Å². The van der Waals surface area contributed by atoms with Crippen molar-refractivity contribution >= 4 is 15.9 Å². The number of hydrogen-bond donors (Lipinski definition) is 0. The average Bonchev–Trinajstić information content (AvgIpc) is 1.21. The molecule has 9 heavy (non-hydrogen) atoms. The molecular formula is C6H15Br2N. The number of alkyl halides is 1. The highest BCUT2D eigenvalue weighted by atomic mass is 79.9. The van der Waals surface area contributed by atoms with Crippen molar-refractivity contribution in [3.8, 4) is 0 Å². The molecule has 0 aromatic carbocycles. The number of nitrogens with zero attached hydrogens (tertiary/aromatic N) is 1. The highest BCUT2D eigenvalue weighted by Gasteiger charge is 2.09. The number of hydrogen-bond acceptors (Lipinski definition) is 0. The summed E-state index contributed by atoms with van der Waals surface area (Å²) in [4.78, 5) is 0.627. The van der Waals surface area contributed by atoms with Crippen molar-refractivity contribution in [1.82, 2.24) is 0 Å². The van der Waals surface area contributed by atoms with Crippen LogP contribution in [0.4, 0.5) is 0 Å². The zero-order chi connectivity index (χ0) is 6.78. The van der Waals surface area contributed by atoms with Gasteiger partial charge in [-0.1, -0.05) is 15.9 Å². The van der Waals surface area contributed by atoms with Gasteiger partial charge < -0.3 is 21.5 Å². The van der Waals surface area contributed by atoms with E-state index in [2.05, 4.69) is 44.0 Å². The molecule has 0 aliphatic rings. The molecule has 1 unspecified atom stereocenters. The molecule has 0 aromatic heterocycles. The second-order valence-corrected chi connectivity index (χ2v) is 4.82. The Morgan fingerprint density at radius 1 is 1.33 bits per heavy atom. The van der Waals surface area contributed by atoms with Crippen LogP contribution in [0.5, 0.6) is 0 Å². The number of halogens is 2. The smallest absolute Gasteiger partial charge is 0.0904 e. The third-order valence-corrected chi connectivity index (χ3v) is 1.09. The fraction of sp³-hybridized carbons (Fsp3) is 1.00. The Morgan fingerprint density at radius 3 is 1.67 bits per heavy atom. The zero-order valence-electron chi connectivity index (χ0n) is 6.49. The quantitative estimate of drug-likeness (QED) is 0.418. The Kier molecular flexibility index (Phi) is 6.56. The minimum Gasteiger partial charge on any atom is -1.00 e. The molecule has 0 aliphatic carbocycles. The van der Waals surface area contributed by atoms with E-state index in [9.17, 15) is 0 Å². The van der Waals surface area contributed by atoms with Gasteiger partial charge in [-0.3, -0.25) is 0 Å². The van der Waals surface area contributed by atoms with Crippen LogP contribution in [0.3, 0.4) is 0 Å². The maximum atomic E-state index is 3.49. The summed E-state index contributed by atoms with van der Waals surface area (Å²) in [5, 5.41) is 0. The molecule has 0 amide bonds. The first-order valence-electron chi connectivity index (χ1n) is 2.86. The molecule has 0 N–H and O–H groups in total. The standard InChI is InChI=1S/C6H15BrN.BrH/c1-6(7)5-8(2,3)4;/h6H,5H2,1-4H3;1H/q+1;/p-1. The molecule has 3 heteroatoms. The molecule has 0 aromatic rings. The van der Waals surface area contributed by atoms with E-state index in [1.54, 1.807) is 0 Å². The fourth-order valence-corrected chi connectivity index (χ4v) is 1.62. The van der Waals surface area contributed by atoms with Gasteiger partial charge in [0.05, 0.1) is 32.5 Å². The van der Waals surface area contributed by atoms with Gasteiger partial charge in [-0.15, -0.1) is 0 Å².